The second kappa shape index (κ2) is 12.0. The molecule has 1 aromatic heterocycles. The molecule has 40 heavy (non-hydrogen) atoms. The van der Waals surface area contributed by atoms with E-state index in [2.05, 4.69) is 15.6 Å². The van der Waals surface area contributed by atoms with Crippen molar-refractivity contribution >= 4 is 34.5 Å². The van der Waals surface area contributed by atoms with E-state index < -0.39 is 29.4 Å². The first-order valence-corrected chi connectivity index (χ1v) is 13.1. The van der Waals surface area contributed by atoms with Crippen LogP contribution in [-0.2, 0) is 20.9 Å². The molecule has 10 nitrogen and oxygen atoms in total. The average molecular weight is 544 g/mol. The number of nitrogens with zero attached hydrogens (tertiary/aromatic N) is 4. The van der Waals surface area contributed by atoms with Gasteiger partial charge in [-0.05, 0) is 75.2 Å². The maximum Gasteiger partial charge on any atom is 0.338 e. The number of para-hydroxylation sites is 1. The third-order valence-electron chi connectivity index (χ3n) is 6.67. The number of hydrogen-bond donors (Lipinski definition) is 2. The third-order valence-corrected chi connectivity index (χ3v) is 6.67. The van der Waals surface area contributed by atoms with Crippen LogP contribution in [0.15, 0.2) is 72.8 Å². The fourth-order valence-corrected chi connectivity index (χ4v) is 4.24. The number of esters is 1. The van der Waals surface area contributed by atoms with Crippen LogP contribution >= 0.6 is 0 Å². The molecule has 1 unspecified atom stereocenters. The minimum absolute atomic E-state index is 0.0214. The van der Waals surface area contributed by atoms with E-state index >= 15 is 0 Å². The van der Waals surface area contributed by atoms with E-state index in [0.29, 0.717) is 28.7 Å². The lowest BCUT2D eigenvalue weighted by Crippen LogP contribution is -2.51. The summed E-state index contributed by atoms with van der Waals surface area (Å²) in [7, 11) is 0. The van der Waals surface area contributed by atoms with Crippen molar-refractivity contribution in [2.24, 2.45) is 0 Å². The molecule has 4 rings (SSSR count). The van der Waals surface area contributed by atoms with E-state index in [1.54, 1.807) is 43.3 Å². The molecule has 4 aromatic rings. The van der Waals surface area contributed by atoms with E-state index in [-0.39, 0.29) is 24.5 Å². The molecule has 208 valence electrons. The quantitative estimate of drug-likeness (QED) is 0.284. The molecule has 0 bridgehead atoms. The Morgan fingerprint density at radius 3 is 2.45 bits per heavy atom. The number of nitrogens with one attached hydrogen (secondary N) is 1. The Balaban J connectivity index is 1.85. The van der Waals surface area contributed by atoms with Gasteiger partial charge in [0, 0.05) is 11.2 Å². The first-order chi connectivity index (χ1) is 19.1. The topological polar surface area (TPSA) is 127 Å². The molecule has 10 heteroatoms. The molecule has 3 aromatic carbocycles. The van der Waals surface area contributed by atoms with Crippen LogP contribution in [0.1, 0.15) is 56.1 Å². The molecule has 0 aliphatic heterocycles. The molecule has 0 fully saturated rings. The van der Waals surface area contributed by atoms with E-state index in [1.165, 1.54) is 27.8 Å². The Kier molecular flexibility index (Phi) is 8.47. The second-order valence-corrected chi connectivity index (χ2v) is 9.99. The average Bonchev–Trinajstić information content (AvgIpc) is 3.34. The van der Waals surface area contributed by atoms with Gasteiger partial charge in [-0.15, -0.1) is 5.10 Å². The number of phenols is 1. The Labute approximate surface area is 232 Å². The van der Waals surface area contributed by atoms with Crippen molar-refractivity contribution in [3.63, 3.8) is 0 Å². The number of aromatic nitrogens is 3. The summed E-state index contributed by atoms with van der Waals surface area (Å²) in [6.45, 7) is 7.43. The highest BCUT2D eigenvalue weighted by molar-refractivity contribution is 6.02. The van der Waals surface area contributed by atoms with Gasteiger partial charge in [0.1, 0.15) is 23.9 Å². The van der Waals surface area contributed by atoms with Crippen LogP contribution in [0.25, 0.3) is 11.0 Å². The number of carbonyl (C=O) groups is 3. The zero-order valence-electron chi connectivity index (χ0n) is 23.0. The number of rotatable bonds is 10. The Bertz CT molecular complexity index is 1510. The van der Waals surface area contributed by atoms with Gasteiger partial charge in [0.15, 0.2) is 0 Å². The van der Waals surface area contributed by atoms with Crippen molar-refractivity contribution in [2.75, 3.05) is 11.5 Å². The van der Waals surface area contributed by atoms with Crippen LogP contribution in [0.3, 0.4) is 0 Å². The number of phenolic OH excluding ortho intramolecular Hbond substituents is 1. The molecule has 1 heterocycles. The predicted octanol–water partition coefficient (Wildman–Crippen LogP) is 4.39. The molecule has 0 radical (unpaired) electrons. The minimum Gasteiger partial charge on any atom is -0.508 e. The number of carbonyl (C=O) groups excluding carboxylic acids is 3. The number of fused-ring (bicyclic) bond motifs is 1. The van der Waals surface area contributed by atoms with Crippen molar-refractivity contribution in [3.8, 4) is 5.75 Å². The van der Waals surface area contributed by atoms with Gasteiger partial charge in [-0.3, -0.25) is 14.5 Å². The Morgan fingerprint density at radius 1 is 1.02 bits per heavy atom. The molecule has 0 saturated carbocycles. The van der Waals surface area contributed by atoms with Gasteiger partial charge in [0.25, 0.3) is 0 Å². The number of aromatic hydroxyl groups is 1. The molecule has 2 N–H and O–H groups in total. The Morgan fingerprint density at radius 2 is 1.75 bits per heavy atom. The zero-order valence-corrected chi connectivity index (χ0v) is 23.0. The maximum absolute atomic E-state index is 14.2. The lowest BCUT2D eigenvalue weighted by Gasteiger charge is -2.34. The van der Waals surface area contributed by atoms with Crippen LogP contribution in [0.4, 0.5) is 5.69 Å². The molecule has 0 aliphatic carbocycles. The summed E-state index contributed by atoms with van der Waals surface area (Å²) in [4.78, 5) is 42.1. The fraction of sp³-hybridized carbons (Fsp3) is 0.300. The van der Waals surface area contributed by atoms with Crippen molar-refractivity contribution in [2.45, 2.75) is 52.2 Å². The fourth-order valence-electron chi connectivity index (χ4n) is 4.24. The molecule has 1 atom stereocenters. The lowest BCUT2D eigenvalue weighted by molar-refractivity contribution is -0.128. The van der Waals surface area contributed by atoms with Gasteiger partial charge in [-0.2, -0.15) is 0 Å². The summed E-state index contributed by atoms with van der Waals surface area (Å²) >= 11 is 0. The van der Waals surface area contributed by atoms with Crippen molar-refractivity contribution in [3.05, 3.63) is 83.9 Å². The largest absolute Gasteiger partial charge is 0.508 e. The highest BCUT2D eigenvalue weighted by atomic mass is 16.5. The van der Waals surface area contributed by atoms with E-state index in [0.717, 1.165) is 0 Å². The molecular weight excluding hydrogens is 510 g/mol. The summed E-state index contributed by atoms with van der Waals surface area (Å²) in [5, 5.41) is 21.3. The van der Waals surface area contributed by atoms with Gasteiger partial charge in [0.2, 0.25) is 11.8 Å². The van der Waals surface area contributed by atoms with E-state index in [4.69, 9.17) is 4.74 Å². The van der Waals surface area contributed by atoms with Gasteiger partial charge in [-0.1, -0.05) is 42.5 Å². The van der Waals surface area contributed by atoms with E-state index in [1.807, 2.05) is 39.0 Å². The van der Waals surface area contributed by atoms with Crippen molar-refractivity contribution in [1.29, 1.82) is 0 Å². The van der Waals surface area contributed by atoms with Crippen LogP contribution in [0, 0.1) is 0 Å². The van der Waals surface area contributed by atoms with Gasteiger partial charge in [-0.25, -0.2) is 9.48 Å². The van der Waals surface area contributed by atoms with E-state index in [9.17, 15) is 19.5 Å². The van der Waals surface area contributed by atoms with Gasteiger partial charge in [0.05, 0.1) is 17.7 Å². The van der Waals surface area contributed by atoms with Gasteiger partial charge >= 0.3 is 5.97 Å². The van der Waals surface area contributed by atoms with Crippen LogP contribution < -0.4 is 10.2 Å². The maximum atomic E-state index is 14.2. The van der Waals surface area contributed by atoms with Crippen LogP contribution in [0.2, 0.25) is 0 Å². The first-order valence-electron chi connectivity index (χ1n) is 13.1. The smallest absolute Gasteiger partial charge is 0.338 e. The molecule has 0 saturated heterocycles. The Hall–Kier alpha value is -4.73. The monoisotopic (exact) mass is 543 g/mol. The molecular formula is C30H33N5O5. The summed E-state index contributed by atoms with van der Waals surface area (Å²) in [6, 6.07) is 18.7. The number of ether oxygens (including phenoxy) is 1. The second-order valence-electron chi connectivity index (χ2n) is 9.99. The third kappa shape index (κ3) is 6.28. The highest BCUT2D eigenvalue weighted by Gasteiger charge is 2.35. The molecule has 0 spiro atoms. The summed E-state index contributed by atoms with van der Waals surface area (Å²) in [6.07, 6.45) is 0.651. The molecule has 2 amide bonds. The first kappa shape index (κ1) is 28.3. The predicted molar refractivity (Wildman–Crippen MR) is 151 cm³/mol. The van der Waals surface area contributed by atoms with Crippen LogP contribution in [0.5, 0.6) is 5.75 Å². The van der Waals surface area contributed by atoms with Crippen LogP contribution in [-0.4, -0.2) is 50.0 Å². The van der Waals surface area contributed by atoms with Crippen molar-refractivity contribution in [1.82, 2.24) is 20.3 Å². The number of hydrogen-bond acceptors (Lipinski definition) is 7. The summed E-state index contributed by atoms with van der Waals surface area (Å²) in [5.74, 6) is -1.40. The number of amides is 2. The zero-order chi connectivity index (χ0) is 28.9. The number of anilines is 1. The lowest BCUT2D eigenvalue weighted by atomic mass is 9.98. The van der Waals surface area contributed by atoms with Gasteiger partial charge < -0.3 is 15.2 Å². The SMILES string of the molecule is CCOC(=O)c1cccc(N(C(=O)Cn2nnc3ccccc32)C(C(=O)NC(C)(C)CC)c2ccc(O)cc2)c1. The minimum atomic E-state index is -1.13. The molecule has 0 aliphatic rings. The summed E-state index contributed by atoms with van der Waals surface area (Å²) < 4.78 is 6.64. The number of benzene rings is 3. The highest BCUT2D eigenvalue weighted by Crippen LogP contribution is 2.31. The van der Waals surface area contributed by atoms with Crippen molar-refractivity contribution < 1.29 is 24.2 Å². The normalized spacial score (nSPS) is 12.1. The standard InChI is InChI=1S/C30H33N5O5/c1-5-30(3,4)31-28(38)27(20-14-16-23(36)17-15-20)35(22-11-9-10-21(18-22)29(39)40-6-2)26(37)19-34-25-13-8-7-12-24(25)32-33-34/h7-18,27,36H,5-6,19H2,1-4H3,(H,31,38). The summed E-state index contributed by atoms with van der Waals surface area (Å²) in [5.41, 5.74) is 1.76.